The van der Waals surface area contributed by atoms with Crippen LogP contribution in [0.3, 0.4) is 0 Å². The van der Waals surface area contributed by atoms with Crippen LogP contribution in [0.1, 0.15) is 31.2 Å². The number of halogens is 3. The molecule has 0 bridgehead atoms. The first-order valence-corrected chi connectivity index (χ1v) is 17.2. The lowest BCUT2D eigenvalue weighted by molar-refractivity contribution is 0.0899. The third-order valence-corrected chi connectivity index (χ3v) is 9.32. The van der Waals surface area contributed by atoms with Crippen LogP contribution in [0.25, 0.3) is 11.0 Å². The quantitative estimate of drug-likeness (QED) is 0.199. The molecule has 1 saturated carbocycles. The van der Waals surface area contributed by atoms with Gasteiger partial charge in [0.2, 0.25) is 0 Å². The summed E-state index contributed by atoms with van der Waals surface area (Å²) in [6, 6.07) is 5.11. The van der Waals surface area contributed by atoms with Crippen molar-refractivity contribution >= 4 is 36.6 Å². The Morgan fingerprint density at radius 1 is 1.16 bits per heavy atom. The average molecular weight is 562 g/mol. The van der Waals surface area contributed by atoms with Crippen LogP contribution in [-0.2, 0) is 22.6 Å². The summed E-state index contributed by atoms with van der Waals surface area (Å²) in [6.45, 7) is 9.13. The molecule has 10 heteroatoms. The lowest BCUT2D eigenvalue weighted by Crippen LogP contribution is -2.34. The number of ether oxygens (including phenoxy) is 3. The van der Waals surface area contributed by atoms with E-state index >= 15 is 8.78 Å². The standard InChI is InChI=1S/C28H34ClF2N3O3Si/c1-38(2,3)11-10-35-18-34-15-20(29)25-23(6-9-32-27(25)34)37-26-21(30)12-19(13-22(26)31)14-24-33-16-28(17-36-24)7-4-5-8-28/h6,9,12-13,15H,4-5,7-8,10-11,14,16-18H2,1-3H3. The van der Waals surface area contributed by atoms with E-state index in [1.807, 2.05) is 0 Å². The Morgan fingerprint density at radius 3 is 2.55 bits per heavy atom. The molecule has 3 aromatic rings. The molecule has 3 heterocycles. The van der Waals surface area contributed by atoms with Crippen LogP contribution in [0.2, 0.25) is 30.7 Å². The summed E-state index contributed by atoms with van der Waals surface area (Å²) in [4.78, 5) is 8.97. The zero-order valence-electron chi connectivity index (χ0n) is 22.2. The minimum atomic E-state index is -1.21. The van der Waals surface area contributed by atoms with Crippen LogP contribution in [0.5, 0.6) is 11.5 Å². The topological polar surface area (TPSA) is 57.9 Å². The zero-order chi connectivity index (χ0) is 26.9. The summed E-state index contributed by atoms with van der Waals surface area (Å²) in [7, 11) is -1.21. The number of hydrogen-bond donors (Lipinski definition) is 0. The van der Waals surface area contributed by atoms with Crippen molar-refractivity contribution in [2.75, 3.05) is 19.8 Å². The molecule has 204 valence electrons. The van der Waals surface area contributed by atoms with Gasteiger partial charge in [0.15, 0.2) is 23.3 Å². The summed E-state index contributed by atoms with van der Waals surface area (Å²) >= 11 is 6.49. The molecule has 0 saturated heterocycles. The van der Waals surface area contributed by atoms with Crippen molar-refractivity contribution in [3.63, 3.8) is 0 Å². The van der Waals surface area contributed by atoms with Crippen molar-refractivity contribution in [3.05, 3.63) is 52.8 Å². The highest BCUT2D eigenvalue weighted by atomic mass is 35.5. The molecule has 0 N–H and O–H groups in total. The number of aromatic nitrogens is 2. The van der Waals surface area contributed by atoms with E-state index in [1.165, 1.54) is 31.2 Å². The molecule has 1 fully saturated rings. The number of hydrogen-bond acceptors (Lipinski definition) is 5. The van der Waals surface area contributed by atoms with Gasteiger partial charge in [0.05, 0.1) is 23.6 Å². The fourth-order valence-corrected chi connectivity index (χ4v) is 6.13. The Hall–Kier alpha value is -2.49. The first kappa shape index (κ1) is 27.1. The van der Waals surface area contributed by atoms with Crippen molar-refractivity contribution in [2.45, 2.75) is 64.5 Å². The van der Waals surface area contributed by atoms with E-state index < -0.39 is 25.5 Å². The van der Waals surface area contributed by atoms with E-state index in [1.54, 1.807) is 16.8 Å². The van der Waals surface area contributed by atoms with Gasteiger partial charge in [-0.1, -0.05) is 44.1 Å². The SMILES string of the molecule is C[Si](C)(C)CCOCn1cc(Cl)c2c(Oc3c(F)cc(CC4=NCC5(CCCC5)CO4)cc3F)ccnc21. The Morgan fingerprint density at radius 2 is 1.89 bits per heavy atom. The predicted molar refractivity (Wildman–Crippen MR) is 148 cm³/mol. The molecule has 2 aliphatic rings. The highest BCUT2D eigenvalue weighted by molar-refractivity contribution is 6.76. The van der Waals surface area contributed by atoms with Crippen molar-refractivity contribution in [2.24, 2.45) is 10.4 Å². The average Bonchev–Trinajstić information content (AvgIpc) is 3.45. The molecule has 0 amide bonds. The van der Waals surface area contributed by atoms with Gasteiger partial charge < -0.3 is 18.8 Å². The molecule has 1 spiro atoms. The van der Waals surface area contributed by atoms with Crippen LogP contribution < -0.4 is 4.74 Å². The summed E-state index contributed by atoms with van der Waals surface area (Å²) < 4.78 is 49.4. The zero-order valence-corrected chi connectivity index (χ0v) is 23.9. The van der Waals surface area contributed by atoms with Crippen LogP contribution in [0.4, 0.5) is 8.78 Å². The summed E-state index contributed by atoms with van der Waals surface area (Å²) in [5.41, 5.74) is 1.10. The summed E-state index contributed by atoms with van der Waals surface area (Å²) in [6.07, 6.45) is 8.11. The molecule has 1 aromatic carbocycles. The number of pyridine rings is 1. The Bertz CT molecular complexity index is 1330. The minimum Gasteiger partial charge on any atom is -0.480 e. The first-order chi connectivity index (χ1) is 18.1. The molecule has 6 nitrogen and oxygen atoms in total. The first-order valence-electron chi connectivity index (χ1n) is 13.2. The van der Waals surface area contributed by atoms with Gasteiger partial charge in [-0.3, -0.25) is 4.99 Å². The highest BCUT2D eigenvalue weighted by Crippen LogP contribution is 2.41. The van der Waals surface area contributed by atoms with Crippen LogP contribution >= 0.6 is 11.6 Å². The van der Waals surface area contributed by atoms with Crippen molar-refractivity contribution < 1.29 is 23.0 Å². The molecular formula is C28H34ClF2N3O3Si. The molecule has 38 heavy (non-hydrogen) atoms. The Labute approximate surface area is 228 Å². The van der Waals surface area contributed by atoms with Gasteiger partial charge in [-0.05, 0) is 42.6 Å². The van der Waals surface area contributed by atoms with Crippen LogP contribution in [-0.4, -0.2) is 43.3 Å². The lowest BCUT2D eigenvalue weighted by atomic mass is 9.86. The monoisotopic (exact) mass is 561 g/mol. The lowest BCUT2D eigenvalue weighted by Gasteiger charge is -2.31. The van der Waals surface area contributed by atoms with Crippen molar-refractivity contribution in [3.8, 4) is 11.5 Å². The molecule has 0 atom stereocenters. The maximum absolute atomic E-state index is 15.1. The largest absolute Gasteiger partial charge is 0.480 e. The van der Waals surface area contributed by atoms with Gasteiger partial charge in [-0.15, -0.1) is 0 Å². The third-order valence-electron chi connectivity index (χ3n) is 7.33. The fraction of sp³-hybridized carbons (Fsp3) is 0.500. The number of aliphatic imine (C=N–C) groups is 1. The fourth-order valence-electron chi connectivity index (χ4n) is 5.08. The number of fused-ring (bicyclic) bond motifs is 1. The molecule has 0 radical (unpaired) electrons. The third kappa shape index (κ3) is 6.05. The molecular weight excluding hydrogens is 528 g/mol. The van der Waals surface area contributed by atoms with E-state index in [-0.39, 0.29) is 24.3 Å². The Balaban J connectivity index is 1.30. The van der Waals surface area contributed by atoms with Gasteiger partial charge in [0.25, 0.3) is 0 Å². The smallest absolute Gasteiger partial charge is 0.198 e. The molecule has 2 aromatic heterocycles. The second kappa shape index (κ2) is 10.9. The highest BCUT2D eigenvalue weighted by Gasteiger charge is 2.37. The van der Waals surface area contributed by atoms with E-state index in [0.29, 0.717) is 40.7 Å². The van der Waals surface area contributed by atoms with Gasteiger partial charge in [0, 0.05) is 38.9 Å². The van der Waals surface area contributed by atoms with Crippen LogP contribution in [0, 0.1) is 17.0 Å². The Kier molecular flexibility index (Phi) is 7.80. The number of nitrogens with zero attached hydrogens (tertiary/aromatic N) is 3. The van der Waals surface area contributed by atoms with E-state index in [0.717, 1.165) is 25.4 Å². The number of benzene rings is 1. The van der Waals surface area contributed by atoms with E-state index in [4.69, 9.17) is 25.8 Å². The van der Waals surface area contributed by atoms with Crippen LogP contribution in [0.15, 0.2) is 35.6 Å². The maximum Gasteiger partial charge on any atom is 0.198 e. The predicted octanol–water partition coefficient (Wildman–Crippen LogP) is 7.60. The second-order valence-corrected chi connectivity index (χ2v) is 17.7. The maximum atomic E-state index is 15.1. The van der Waals surface area contributed by atoms with Crippen molar-refractivity contribution in [1.29, 1.82) is 0 Å². The minimum absolute atomic E-state index is 0.147. The molecule has 1 aliphatic carbocycles. The summed E-state index contributed by atoms with van der Waals surface area (Å²) in [5, 5.41) is 0.832. The van der Waals surface area contributed by atoms with Gasteiger partial charge in [0.1, 0.15) is 18.1 Å². The number of rotatable bonds is 9. The van der Waals surface area contributed by atoms with Crippen molar-refractivity contribution in [1.82, 2.24) is 9.55 Å². The molecule has 0 unspecified atom stereocenters. The van der Waals surface area contributed by atoms with E-state index in [9.17, 15) is 0 Å². The normalized spacial score (nSPS) is 17.2. The van der Waals surface area contributed by atoms with Gasteiger partial charge in [-0.2, -0.15) is 0 Å². The summed E-state index contributed by atoms with van der Waals surface area (Å²) in [5.74, 6) is -1.37. The second-order valence-electron chi connectivity index (χ2n) is 11.7. The molecule has 1 aliphatic heterocycles. The molecule has 5 rings (SSSR count). The van der Waals surface area contributed by atoms with Gasteiger partial charge in [-0.25, -0.2) is 13.8 Å². The van der Waals surface area contributed by atoms with E-state index in [2.05, 4.69) is 29.6 Å². The van der Waals surface area contributed by atoms with Gasteiger partial charge >= 0.3 is 0 Å².